The van der Waals surface area contributed by atoms with Crippen molar-refractivity contribution in [1.29, 1.82) is 0 Å². The summed E-state index contributed by atoms with van der Waals surface area (Å²) in [5.41, 5.74) is 0.107. The molecule has 0 saturated heterocycles. The normalized spacial score (nSPS) is 14.9. The van der Waals surface area contributed by atoms with Crippen LogP contribution in [0.25, 0.3) is 0 Å². The van der Waals surface area contributed by atoms with Crippen LogP contribution in [0.4, 0.5) is 0 Å². The Hall–Kier alpha value is -1.06. The van der Waals surface area contributed by atoms with E-state index in [1.807, 2.05) is 0 Å². The molecule has 0 radical (unpaired) electrons. The van der Waals surface area contributed by atoms with Crippen molar-refractivity contribution in [2.24, 2.45) is 23.2 Å². The Morgan fingerprint density at radius 2 is 1.65 bits per heavy atom. The van der Waals surface area contributed by atoms with Crippen LogP contribution in [0.15, 0.2) is 0 Å². The van der Waals surface area contributed by atoms with Gasteiger partial charge in [0.05, 0.1) is 0 Å². The van der Waals surface area contributed by atoms with Gasteiger partial charge in [-0.25, -0.2) is 0 Å². The molecule has 0 rings (SSSR count). The molecule has 20 heavy (non-hydrogen) atoms. The predicted molar refractivity (Wildman–Crippen MR) is 81.4 cm³/mol. The van der Waals surface area contributed by atoms with E-state index in [-0.39, 0.29) is 23.7 Å². The van der Waals surface area contributed by atoms with Gasteiger partial charge in [-0.2, -0.15) is 0 Å². The Morgan fingerprint density at radius 3 is 2.05 bits per heavy atom. The second-order valence-corrected chi connectivity index (χ2v) is 7.37. The number of amides is 1. The highest BCUT2D eigenvalue weighted by Gasteiger charge is 2.23. The Bertz CT molecular complexity index is 318. The molecule has 4 heteroatoms. The van der Waals surface area contributed by atoms with Crippen molar-refractivity contribution in [2.75, 3.05) is 6.54 Å². The number of carbonyl (C=O) groups is 2. The highest BCUT2D eigenvalue weighted by atomic mass is 16.4. The number of carboxylic acids is 1. The molecule has 0 heterocycles. The fraction of sp³-hybridized carbons (Fsp3) is 0.875. The zero-order chi connectivity index (χ0) is 15.9. The van der Waals surface area contributed by atoms with Crippen molar-refractivity contribution < 1.29 is 14.7 Å². The summed E-state index contributed by atoms with van der Waals surface area (Å²) in [7, 11) is 0. The van der Waals surface area contributed by atoms with Gasteiger partial charge in [0.25, 0.3) is 0 Å². The zero-order valence-electron chi connectivity index (χ0n) is 13.8. The highest BCUT2D eigenvalue weighted by molar-refractivity contribution is 5.76. The van der Waals surface area contributed by atoms with E-state index in [4.69, 9.17) is 5.11 Å². The first kappa shape index (κ1) is 18.9. The first-order valence-electron chi connectivity index (χ1n) is 7.50. The van der Waals surface area contributed by atoms with E-state index in [1.54, 1.807) is 0 Å². The summed E-state index contributed by atoms with van der Waals surface area (Å²) in [4.78, 5) is 22.8. The average Bonchev–Trinajstić information content (AvgIpc) is 2.22. The Balaban J connectivity index is 4.26. The maximum atomic E-state index is 11.9. The summed E-state index contributed by atoms with van der Waals surface area (Å²) in [6.45, 7) is 13.0. The minimum absolute atomic E-state index is 0.0152. The van der Waals surface area contributed by atoms with Crippen molar-refractivity contribution >= 4 is 11.9 Å². The summed E-state index contributed by atoms with van der Waals surface area (Å²) < 4.78 is 0. The van der Waals surface area contributed by atoms with Gasteiger partial charge in [-0.15, -0.1) is 0 Å². The van der Waals surface area contributed by atoms with Gasteiger partial charge in [-0.05, 0) is 29.6 Å². The molecule has 0 bridgehead atoms. The fourth-order valence-corrected chi connectivity index (χ4v) is 2.07. The van der Waals surface area contributed by atoms with Crippen LogP contribution in [-0.2, 0) is 9.59 Å². The molecule has 0 aliphatic rings. The maximum Gasteiger partial charge on any atom is 0.303 e. The van der Waals surface area contributed by atoms with E-state index in [2.05, 4.69) is 46.9 Å². The smallest absolute Gasteiger partial charge is 0.303 e. The molecular formula is C16H31NO3. The molecule has 0 aliphatic heterocycles. The summed E-state index contributed by atoms with van der Waals surface area (Å²) in [6, 6.07) is 0. The van der Waals surface area contributed by atoms with Crippen LogP contribution in [0.1, 0.15) is 60.8 Å². The Labute approximate surface area is 123 Å². The minimum Gasteiger partial charge on any atom is -0.481 e. The third-order valence-corrected chi connectivity index (χ3v) is 3.83. The quantitative estimate of drug-likeness (QED) is 0.719. The Kier molecular flexibility index (Phi) is 7.84. The number of aliphatic carboxylic acids is 1. The van der Waals surface area contributed by atoms with Gasteiger partial charge in [0, 0.05) is 19.4 Å². The molecule has 0 fully saturated rings. The molecule has 2 atom stereocenters. The SMILES string of the molecule is CC(C)CC(CNC(=O)CC(C)C(C)(C)C)CC(=O)O. The lowest BCUT2D eigenvalue weighted by molar-refractivity contribution is -0.138. The zero-order valence-corrected chi connectivity index (χ0v) is 13.8. The van der Waals surface area contributed by atoms with Gasteiger partial charge in [0.2, 0.25) is 5.91 Å². The van der Waals surface area contributed by atoms with Gasteiger partial charge >= 0.3 is 5.97 Å². The molecule has 4 nitrogen and oxygen atoms in total. The Morgan fingerprint density at radius 1 is 1.10 bits per heavy atom. The molecule has 2 unspecified atom stereocenters. The topological polar surface area (TPSA) is 66.4 Å². The molecule has 0 saturated carbocycles. The lowest BCUT2D eigenvalue weighted by Crippen LogP contribution is -2.33. The minimum atomic E-state index is -0.798. The highest BCUT2D eigenvalue weighted by Crippen LogP contribution is 2.27. The van der Waals surface area contributed by atoms with Crippen molar-refractivity contribution in [2.45, 2.75) is 60.8 Å². The third-order valence-electron chi connectivity index (χ3n) is 3.83. The van der Waals surface area contributed by atoms with Crippen LogP contribution in [0.2, 0.25) is 0 Å². The monoisotopic (exact) mass is 285 g/mol. The van der Waals surface area contributed by atoms with E-state index in [0.717, 1.165) is 6.42 Å². The van der Waals surface area contributed by atoms with E-state index >= 15 is 0 Å². The molecule has 0 aromatic carbocycles. The lowest BCUT2D eigenvalue weighted by atomic mass is 9.80. The molecule has 2 N–H and O–H groups in total. The fourth-order valence-electron chi connectivity index (χ4n) is 2.07. The molecule has 0 aliphatic carbocycles. The number of hydrogen-bond acceptors (Lipinski definition) is 2. The van der Waals surface area contributed by atoms with E-state index in [1.165, 1.54) is 0 Å². The van der Waals surface area contributed by atoms with Crippen LogP contribution in [0.3, 0.4) is 0 Å². The maximum absolute atomic E-state index is 11.9. The van der Waals surface area contributed by atoms with Gasteiger partial charge in [-0.3, -0.25) is 9.59 Å². The van der Waals surface area contributed by atoms with E-state index in [0.29, 0.717) is 24.8 Å². The van der Waals surface area contributed by atoms with Gasteiger partial charge < -0.3 is 10.4 Å². The van der Waals surface area contributed by atoms with Gasteiger partial charge in [0.15, 0.2) is 0 Å². The first-order chi connectivity index (χ1) is 9.02. The first-order valence-corrected chi connectivity index (χ1v) is 7.50. The predicted octanol–water partition coefficient (Wildman–Crippen LogP) is 3.31. The number of nitrogens with one attached hydrogen (secondary N) is 1. The van der Waals surface area contributed by atoms with Crippen LogP contribution >= 0.6 is 0 Å². The van der Waals surface area contributed by atoms with Gasteiger partial charge in [-0.1, -0.05) is 41.5 Å². The summed E-state index contributed by atoms with van der Waals surface area (Å²) in [5, 5.41) is 11.8. The third kappa shape index (κ3) is 8.94. The average molecular weight is 285 g/mol. The van der Waals surface area contributed by atoms with E-state index < -0.39 is 5.97 Å². The van der Waals surface area contributed by atoms with Crippen LogP contribution in [0, 0.1) is 23.2 Å². The van der Waals surface area contributed by atoms with Crippen molar-refractivity contribution in [3.8, 4) is 0 Å². The number of rotatable bonds is 8. The number of carbonyl (C=O) groups excluding carboxylic acids is 1. The van der Waals surface area contributed by atoms with Crippen LogP contribution in [0.5, 0.6) is 0 Å². The molecule has 118 valence electrons. The number of carboxylic acid groups (broad SMARTS) is 1. The van der Waals surface area contributed by atoms with Crippen molar-refractivity contribution in [1.82, 2.24) is 5.32 Å². The molecular weight excluding hydrogens is 254 g/mol. The molecule has 0 spiro atoms. The standard InChI is InChI=1S/C16H31NO3/c1-11(2)7-13(9-15(19)20)10-17-14(18)8-12(3)16(4,5)6/h11-13H,7-10H2,1-6H3,(H,17,18)(H,19,20). The largest absolute Gasteiger partial charge is 0.481 e. The molecule has 0 aromatic rings. The summed E-state index contributed by atoms with van der Waals surface area (Å²) >= 11 is 0. The molecule has 0 aromatic heterocycles. The second kappa shape index (κ2) is 8.28. The van der Waals surface area contributed by atoms with Crippen molar-refractivity contribution in [3.63, 3.8) is 0 Å². The second-order valence-electron chi connectivity index (χ2n) is 7.37. The lowest BCUT2D eigenvalue weighted by Gasteiger charge is -2.27. The van der Waals surface area contributed by atoms with Crippen molar-refractivity contribution in [3.05, 3.63) is 0 Å². The van der Waals surface area contributed by atoms with Gasteiger partial charge in [0.1, 0.15) is 0 Å². The number of hydrogen-bond donors (Lipinski definition) is 2. The molecule has 1 amide bonds. The van der Waals surface area contributed by atoms with Crippen LogP contribution < -0.4 is 5.32 Å². The summed E-state index contributed by atoms with van der Waals surface area (Å²) in [6.07, 6.45) is 1.43. The van der Waals surface area contributed by atoms with Crippen LogP contribution in [-0.4, -0.2) is 23.5 Å². The summed E-state index contributed by atoms with van der Waals surface area (Å²) in [5.74, 6) is -0.0313. The van der Waals surface area contributed by atoms with E-state index in [9.17, 15) is 9.59 Å².